The molecule has 0 radical (unpaired) electrons. The van der Waals surface area contributed by atoms with Crippen molar-refractivity contribution in [1.82, 2.24) is 15.1 Å². The Morgan fingerprint density at radius 3 is 2.58 bits per heavy atom. The first kappa shape index (κ1) is 14.8. The molecule has 1 saturated heterocycles. The summed E-state index contributed by atoms with van der Waals surface area (Å²) in [6.45, 7) is 4.17. The van der Waals surface area contributed by atoms with E-state index in [0.29, 0.717) is 18.0 Å². The van der Waals surface area contributed by atoms with E-state index in [1.165, 1.54) is 25.7 Å². The van der Waals surface area contributed by atoms with Gasteiger partial charge >= 0.3 is 0 Å². The van der Waals surface area contributed by atoms with Gasteiger partial charge in [0.2, 0.25) is 5.91 Å². The van der Waals surface area contributed by atoms with Crippen molar-refractivity contribution >= 4 is 5.91 Å². The van der Waals surface area contributed by atoms with Crippen molar-refractivity contribution < 1.29 is 4.79 Å². The Labute approximate surface area is 117 Å². The Morgan fingerprint density at radius 1 is 1.26 bits per heavy atom. The monoisotopic (exact) mass is 267 g/mol. The largest absolute Gasteiger partial charge is 0.336 e. The molecule has 0 aromatic carbocycles. The highest BCUT2D eigenvalue weighted by Gasteiger charge is 2.38. The van der Waals surface area contributed by atoms with E-state index in [-0.39, 0.29) is 6.04 Å². The zero-order valence-corrected chi connectivity index (χ0v) is 12.7. The van der Waals surface area contributed by atoms with Crippen LogP contribution in [-0.4, -0.2) is 61.0 Å². The van der Waals surface area contributed by atoms with Crippen LogP contribution >= 0.6 is 0 Å². The molecule has 110 valence electrons. The van der Waals surface area contributed by atoms with Crippen molar-refractivity contribution in [2.45, 2.75) is 63.6 Å². The number of rotatable bonds is 4. The van der Waals surface area contributed by atoms with Crippen LogP contribution in [0, 0.1) is 0 Å². The molecule has 0 aromatic heterocycles. The van der Waals surface area contributed by atoms with E-state index >= 15 is 0 Å². The van der Waals surface area contributed by atoms with Crippen LogP contribution in [0.4, 0.5) is 0 Å². The second-order valence-electron chi connectivity index (χ2n) is 6.21. The van der Waals surface area contributed by atoms with E-state index in [2.05, 4.69) is 29.1 Å². The average molecular weight is 267 g/mol. The Balaban J connectivity index is 2.12. The molecule has 4 heteroatoms. The van der Waals surface area contributed by atoms with Gasteiger partial charge in [0.15, 0.2) is 0 Å². The van der Waals surface area contributed by atoms with Gasteiger partial charge in [-0.1, -0.05) is 12.8 Å². The van der Waals surface area contributed by atoms with Gasteiger partial charge in [0, 0.05) is 18.6 Å². The minimum Gasteiger partial charge on any atom is -0.336 e. The average Bonchev–Trinajstić information content (AvgIpc) is 2.87. The van der Waals surface area contributed by atoms with Gasteiger partial charge in [-0.15, -0.1) is 0 Å². The predicted octanol–water partition coefficient (Wildman–Crippen LogP) is 1.46. The molecule has 0 bridgehead atoms. The van der Waals surface area contributed by atoms with Crippen molar-refractivity contribution in [3.05, 3.63) is 0 Å². The van der Waals surface area contributed by atoms with Gasteiger partial charge in [0.1, 0.15) is 0 Å². The highest BCUT2D eigenvalue weighted by molar-refractivity contribution is 5.82. The molecule has 2 fully saturated rings. The van der Waals surface area contributed by atoms with Gasteiger partial charge in [-0.3, -0.25) is 9.69 Å². The van der Waals surface area contributed by atoms with E-state index in [9.17, 15) is 4.79 Å². The first-order chi connectivity index (χ1) is 9.15. The summed E-state index contributed by atoms with van der Waals surface area (Å²) in [7, 11) is 4.06. The summed E-state index contributed by atoms with van der Waals surface area (Å²) in [6.07, 6.45) is 7.02. The Kier molecular flexibility index (Phi) is 5.22. The van der Waals surface area contributed by atoms with E-state index in [1.807, 2.05) is 7.05 Å². The lowest BCUT2D eigenvalue weighted by Crippen LogP contribution is -2.50. The van der Waals surface area contributed by atoms with Gasteiger partial charge in [0.25, 0.3) is 0 Å². The number of nitrogens with zero attached hydrogens (tertiary/aromatic N) is 2. The van der Waals surface area contributed by atoms with Gasteiger partial charge in [-0.2, -0.15) is 0 Å². The summed E-state index contributed by atoms with van der Waals surface area (Å²) in [5, 5.41) is 3.17. The Bertz CT molecular complexity index is 302. The topological polar surface area (TPSA) is 35.6 Å². The molecule has 4 nitrogen and oxygen atoms in total. The van der Waals surface area contributed by atoms with Gasteiger partial charge in [-0.25, -0.2) is 0 Å². The number of amides is 1. The summed E-state index contributed by atoms with van der Waals surface area (Å²) in [5.41, 5.74) is 0. The summed E-state index contributed by atoms with van der Waals surface area (Å²) in [4.78, 5) is 17.4. The molecule has 2 atom stereocenters. The van der Waals surface area contributed by atoms with Crippen molar-refractivity contribution in [2.24, 2.45) is 0 Å². The number of hydrogen-bond acceptors (Lipinski definition) is 3. The summed E-state index contributed by atoms with van der Waals surface area (Å²) in [5.74, 6) is 0.370. The van der Waals surface area contributed by atoms with E-state index < -0.39 is 0 Å². The van der Waals surface area contributed by atoms with Crippen molar-refractivity contribution in [3.8, 4) is 0 Å². The molecule has 1 aliphatic carbocycles. The first-order valence-corrected chi connectivity index (χ1v) is 7.82. The van der Waals surface area contributed by atoms with Crippen LogP contribution in [0.3, 0.4) is 0 Å². The molecule has 2 aliphatic rings. The van der Waals surface area contributed by atoms with Gasteiger partial charge < -0.3 is 10.2 Å². The maximum Gasteiger partial charge on any atom is 0.240 e. The highest BCUT2D eigenvalue weighted by Crippen LogP contribution is 2.29. The van der Waals surface area contributed by atoms with E-state index in [1.54, 1.807) is 0 Å². The zero-order chi connectivity index (χ0) is 13.8. The second-order valence-corrected chi connectivity index (χ2v) is 6.21. The molecule has 2 rings (SSSR count). The fourth-order valence-electron chi connectivity index (χ4n) is 3.61. The molecule has 1 heterocycles. The summed E-state index contributed by atoms with van der Waals surface area (Å²) >= 11 is 0. The minimum absolute atomic E-state index is 0.0676. The lowest BCUT2D eigenvalue weighted by molar-refractivity contribution is -0.139. The van der Waals surface area contributed by atoms with Crippen LogP contribution < -0.4 is 5.32 Å². The fraction of sp³-hybridized carbons (Fsp3) is 0.933. The SMILES string of the molecule is CNCCC1C(=O)N(C2CCCC2)C(C)CCN1C. The van der Waals surface area contributed by atoms with Crippen LogP contribution in [0.5, 0.6) is 0 Å². The second kappa shape index (κ2) is 6.71. The highest BCUT2D eigenvalue weighted by atomic mass is 16.2. The Hall–Kier alpha value is -0.610. The van der Waals surface area contributed by atoms with Crippen LogP contribution in [0.1, 0.15) is 45.4 Å². The maximum atomic E-state index is 12.9. The molecule has 1 aliphatic heterocycles. The smallest absolute Gasteiger partial charge is 0.240 e. The molecule has 1 saturated carbocycles. The zero-order valence-electron chi connectivity index (χ0n) is 12.7. The van der Waals surface area contributed by atoms with E-state index in [0.717, 1.165) is 25.9 Å². The molecule has 1 amide bonds. The summed E-state index contributed by atoms with van der Waals surface area (Å²) < 4.78 is 0. The fourth-order valence-corrected chi connectivity index (χ4v) is 3.61. The minimum atomic E-state index is 0.0676. The first-order valence-electron chi connectivity index (χ1n) is 7.82. The van der Waals surface area contributed by atoms with Crippen LogP contribution in [0.25, 0.3) is 0 Å². The van der Waals surface area contributed by atoms with Crippen molar-refractivity contribution in [1.29, 1.82) is 0 Å². The molecular formula is C15H29N3O. The third kappa shape index (κ3) is 3.29. The standard InChI is InChI=1S/C15H29N3O/c1-12-9-11-17(3)14(8-10-16-2)15(19)18(12)13-6-4-5-7-13/h12-14,16H,4-11H2,1-3H3. The molecule has 0 aromatic rings. The van der Waals surface area contributed by atoms with Gasteiger partial charge in [-0.05, 0) is 53.2 Å². The maximum absolute atomic E-state index is 12.9. The number of carbonyl (C=O) groups excluding carboxylic acids is 1. The lowest BCUT2D eigenvalue weighted by atomic mass is 10.1. The van der Waals surface area contributed by atoms with Crippen LogP contribution in [0.2, 0.25) is 0 Å². The third-order valence-electron chi connectivity index (χ3n) is 4.83. The number of nitrogens with one attached hydrogen (secondary N) is 1. The van der Waals surface area contributed by atoms with Crippen LogP contribution in [0.15, 0.2) is 0 Å². The molecule has 19 heavy (non-hydrogen) atoms. The van der Waals surface area contributed by atoms with Gasteiger partial charge in [0.05, 0.1) is 6.04 Å². The van der Waals surface area contributed by atoms with Crippen molar-refractivity contribution in [2.75, 3.05) is 27.2 Å². The summed E-state index contributed by atoms with van der Waals surface area (Å²) in [6, 6.07) is 0.974. The molecular weight excluding hydrogens is 238 g/mol. The number of hydrogen-bond donors (Lipinski definition) is 1. The quantitative estimate of drug-likeness (QED) is 0.837. The molecule has 1 N–H and O–H groups in total. The molecule has 0 spiro atoms. The van der Waals surface area contributed by atoms with E-state index in [4.69, 9.17) is 0 Å². The number of likely N-dealkylation sites (N-methyl/N-ethyl adjacent to an activating group) is 1. The predicted molar refractivity (Wildman–Crippen MR) is 78.1 cm³/mol. The normalized spacial score (nSPS) is 30.9. The lowest BCUT2D eigenvalue weighted by Gasteiger charge is -2.35. The Morgan fingerprint density at radius 2 is 1.95 bits per heavy atom. The number of carbonyl (C=O) groups is 1. The van der Waals surface area contributed by atoms with Crippen LogP contribution in [-0.2, 0) is 4.79 Å². The van der Waals surface area contributed by atoms with Crippen molar-refractivity contribution in [3.63, 3.8) is 0 Å². The third-order valence-corrected chi connectivity index (χ3v) is 4.83. The molecule has 2 unspecified atom stereocenters.